The normalized spacial score (nSPS) is 15.4. The summed E-state index contributed by atoms with van der Waals surface area (Å²) in [6.45, 7) is 9.71. The maximum atomic E-state index is 12.3. The summed E-state index contributed by atoms with van der Waals surface area (Å²) >= 11 is 0. The molecule has 2 rings (SSSR count). The summed E-state index contributed by atoms with van der Waals surface area (Å²) in [5, 5.41) is 5.86. The van der Waals surface area contributed by atoms with E-state index in [9.17, 15) is 9.59 Å². The number of benzene rings is 1. The largest absolute Gasteiger partial charge is 0.349 e. The van der Waals surface area contributed by atoms with Crippen LogP contribution in [0.4, 0.5) is 5.69 Å². The molecule has 0 aliphatic heterocycles. The fraction of sp³-hybridized carbons (Fsp3) is 0.579. The molecule has 0 spiro atoms. The molecule has 1 unspecified atom stereocenters. The minimum Gasteiger partial charge on any atom is -0.349 e. The van der Waals surface area contributed by atoms with E-state index in [0.717, 1.165) is 19.4 Å². The number of nitrogens with one attached hydrogen (secondary N) is 2. The van der Waals surface area contributed by atoms with Gasteiger partial charge in [0.15, 0.2) is 0 Å². The van der Waals surface area contributed by atoms with Crippen molar-refractivity contribution < 1.29 is 9.59 Å². The molecular weight excluding hydrogens is 302 g/mol. The molecule has 1 fully saturated rings. The molecule has 0 aromatic heterocycles. The van der Waals surface area contributed by atoms with E-state index in [0.29, 0.717) is 35.8 Å². The van der Waals surface area contributed by atoms with Crippen molar-refractivity contribution >= 4 is 17.5 Å². The Balaban J connectivity index is 1.94. The highest BCUT2D eigenvalue weighted by Crippen LogP contribution is 2.20. The van der Waals surface area contributed by atoms with Crippen molar-refractivity contribution in [3.8, 4) is 0 Å². The Hall–Kier alpha value is -1.88. The zero-order valence-corrected chi connectivity index (χ0v) is 15.1. The Labute approximate surface area is 144 Å². The van der Waals surface area contributed by atoms with Crippen LogP contribution < -0.4 is 10.6 Å². The molecule has 24 heavy (non-hydrogen) atoms. The van der Waals surface area contributed by atoms with Gasteiger partial charge in [-0.2, -0.15) is 0 Å². The number of carbonyl (C=O) groups is 2. The molecular formula is C19H29N3O2. The van der Waals surface area contributed by atoms with Crippen molar-refractivity contribution in [3.05, 3.63) is 29.8 Å². The number of amides is 2. The number of hydrogen-bond donors (Lipinski definition) is 2. The van der Waals surface area contributed by atoms with Gasteiger partial charge < -0.3 is 10.6 Å². The van der Waals surface area contributed by atoms with Gasteiger partial charge in [-0.15, -0.1) is 0 Å². The summed E-state index contributed by atoms with van der Waals surface area (Å²) in [4.78, 5) is 26.6. The summed E-state index contributed by atoms with van der Waals surface area (Å²) in [5.41, 5.74) is 1.25. The first kappa shape index (κ1) is 18.5. The van der Waals surface area contributed by atoms with Crippen molar-refractivity contribution in [1.82, 2.24) is 10.2 Å². The molecule has 0 heterocycles. The Morgan fingerprint density at radius 1 is 1.25 bits per heavy atom. The second-order valence-corrected chi connectivity index (χ2v) is 6.92. The molecule has 1 aliphatic rings. The molecule has 132 valence electrons. The zero-order chi connectivity index (χ0) is 17.7. The van der Waals surface area contributed by atoms with E-state index < -0.39 is 0 Å². The minimum atomic E-state index is -0.0720. The third kappa shape index (κ3) is 5.34. The molecule has 0 radical (unpaired) electrons. The molecule has 2 amide bonds. The van der Waals surface area contributed by atoms with Crippen molar-refractivity contribution in [2.24, 2.45) is 5.92 Å². The lowest BCUT2D eigenvalue weighted by Crippen LogP contribution is -2.41. The third-order valence-electron chi connectivity index (χ3n) is 4.61. The highest BCUT2D eigenvalue weighted by molar-refractivity contribution is 5.97. The molecule has 2 N–H and O–H groups in total. The monoisotopic (exact) mass is 331 g/mol. The van der Waals surface area contributed by atoms with Gasteiger partial charge in [0, 0.05) is 23.3 Å². The molecule has 5 nitrogen and oxygen atoms in total. The minimum absolute atomic E-state index is 0.0518. The molecule has 1 aromatic rings. The number of hydrogen-bond acceptors (Lipinski definition) is 3. The molecule has 1 atom stereocenters. The molecule has 5 heteroatoms. The van der Waals surface area contributed by atoms with Crippen molar-refractivity contribution in [2.75, 3.05) is 18.4 Å². The quantitative estimate of drug-likeness (QED) is 0.770. The zero-order valence-electron chi connectivity index (χ0n) is 15.1. The van der Waals surface area contributed by atoms with Crippen molar-refractivity contribution in [3.63, 3.8) is 0 Å². The van der Waals surface area contributed by atoms with Crippen LogP contribution in [0.2, 0.25) is 0 Å². The van der Waals surface area contributed by atoms with Crippen molar-refractivity contribution in [2.45, 2.75) is 52.6 Å². The maximum Gasteiger partial charge on any atom is 0.251 e. The van der Waals surface area contributed by atoms with Gasteiger partial charge in [0.1, 0.15) is 0 Å². The predicted octanol–water partition coefficient (Wildman–Crippen LogP) is 2.88. The average molecular weight is 331 g/mol. The number of anilines is 1. The summed E-state index contributed by atoms with van der Waals surface area (Å²) in [6, 6.07) is 7.78. The second kappa shape index (κ2) is 8.29. The van der Waals surface area contributed by atoms with E-state index in [-0.39, 0.29) is 11.8 Å². The number of likely N-dealkylation sites (N-methyl/N-ethyl adjacent to an activating group) is 1. The first-order chi connectivity index (χ1) is 11.4. The summed E-state index contributed by atoms with van der Waals surface area (Å²) in [7, 11) is 0. The van der Waals surface area contributed by atoms with Gasteiger partial charge in [-0.3, -0.25) is 14.5 Å². The first-order valence-electron chi connectivity index (χ1n) is 8.85. The van der Waals surface area contributed by atoms with Gasteiger partial charge in [0.25, 0.3) is 5.91 Å². The van der Waals surface area contributed by atoms with E-state index >= 15 is 0 Å². The van der Waals surface area contributed by atoms with Crippen LogP contribution in [-0.4, -0.2) is 41.9 Å². The Kier molecular flexibility index (Phi) is 6.37. The molecule has 1 saturated carbocycles. The van der Waals surface area contributed by atoms with Crippen LogP contribution in [0, 0.1) is 5.92 Å². The van der Waals surface area contributed by atoms with Crippen LogP contribution in [0.1, 0.15) is 50.9 Å². The van der Waals surface area contributed by atoms with E-state index in [2.05, 4.69) is 43.2 Å². The SMILES string of the molecule is CCN(CC(=O)Nc1cccc(C(=O)NC2CC2)c1)C(C)C(C)C. The van der Waals surface area contributed by atoms with Gasteiger partial charge in [-0.25, -0.2) is 0 Å². The summed E-state index contributed by atoms with van der Waals surface area (Å²) in [6.07, 6.45) is 2.12. The lowest BCUT2D eigenvalue weighted by Gasteiger charge is -2.30. The van der Waals surface area contributed by atoms with Crippen molar-refractivity contribution in [1.29, 1.82) is 0 Å². The average Bonchev–Trinajstić information content (AvgIpc) is 3.36. The lowest BCUT2D eigenvalue weighted by molar-refractivity contribution is -0.117. The maximum absolute atomic E-state index is 12.3. The molecule has 0 saturated heterocycles. The van der Waals surface area contributed by atoms with Gasteiger partial charge in [0.2, 0.25) is 5.91 Å². The van der Waals surface area contributed by atoms with E-state index in [1.165, 1.54) is 0 Å². The number of rotatable bonds is 8. The highest BCUT2D eigenvalue weighted by atomic mass is 16.2. The topological polar surface area (TPSA) is 61.4 Å². The lowest BCUT2D eigenvalue weighted by atomic mass is 10.0. The fourth-order valence-corrected chi connectivity index (χ4v) is 2.58. The van der Waals surface area contributed by atoms with Gasteiger partial charge in [0.05, 0.1) is 6.54 Å². The predicted molar refractivity (Wildman–Crippen MR) is 97.1 cm³/mol. The van der Waals surface area contributed by atoms with Crippen LogP contribution in [0.5, 0.6) is 0 Å². The Morgan fingerprint density at radius 3 is 2.54 bits per heavy atom. The van der Waals surface area contributed by atoms with E-state index in [1.807, 2.05) is 6.07 Å². The van der Waals surface area contributed by atoms with Crippen LogP contribution in [0.3, 0.4) is 0 Å². The van der Waals surface area contributed by atoms with E-state index in [4.69, 9.17) is 0 Å². The Morgan fingerprint density at radius 2 is 1.96 bits per heavy atom. The van der Waals surface area contributed by atoms with Crippen LogP contribution in [0.15, 0.2) is 24.3 Å². The standard InChI is InChI=1S/C19H29N3O2/c1-5-22(14(4)13(2)3)12-18(23)20-17-8-6-7-15(11-17)19(24)21-16-9-10-16/h6-8,11,13-14,16H,5,9-10,12H2,1-4H3,(H,20,23)(H,21,24). The van der Waals surface area contributed by atoms with Gasteiger partial charge >= 0.3 is 0 Å². The van der Waals surface area contributed by atoms with Gasteiger partial charge in [-0.1, -0.05) is 26.8 Å². The fourth-order valence-electron chi connectivity index (χ4n) is 2.58. The smallest absolute Gasteiger partial charge is 0.251 e. The summed E-state index contributed by atoms with van der Waals surface area (Å²) in [5.74, 6) is 0.369. The second-order valence-electron chi connectivity index (χ2n) is 6.92. The van der Waals surface area contributed by atoms with Crippen LogP contribution in [-0.2, 0) is 4.79 Å². The first-order valence-corrected chi connectivity index (χ1v) is 8.85. The van der Waals surface area contributed by atoms with E-state index in [1.54, 1.807) is 18.2 Å². The highest BCUT2D eigenvalue weighted by Gasteiger charge is 2.24. The van der Waals surface area contributed by atoms with Gasteiger partial charge in [-0.05, 0) is 50.4 Å². The summed E-state index contributed by atoms with van der Waals surface area (Å²) < 4.78 is 0. The molecule has 1 aliphatic carbocycles. The number of carbonyl (C=O) groups excluding carboxylic acids is 2. The molecule has 0 bridgehead atoms. The third-order valence-corrected chi connectivity index (χ3v) is 4.61. The Bertz CT molecular complexity index is 582. The van der Waals surface area contributed by atoms with Crippen LogP contribution in [0.25, 0.3) is 0 Å². The van der Waals surface area contributed by atoms with Crippen LogP contribution >= 0.6 is 0 Å². The number of nitrogens with zero attached hydrogens (tertiary/aromatic N) is 1. The molecule has 1 aromatic carbocycles.